The van der Waals surface area contributed by atoms with Crippen LogP contribution in [0.1, 0.15) is 33.1 Å². The topological polar surface area (TPSA) is 69.1 Å². The molecule has 4 N–H and O–H groups in total. The van der Waals surface area contributed by atoms with Crippen LogP contribution >= 0.6 is 0 Å². The quantitative estimate of drug-likeness (QED) is 0.652. The van der Waals surface area contributed by atoms with Crippen molar-refractivity contribution in [2.45, 2.75) is 39.2 Å². The van der Waals surface area contributed by atoms with Crippen molar-refractivity contribution in [1.82, 2.24) is 0 Å². The standard InChI is InChI=1S/C9H18N2O/c1-9(2)4-6(5-9)7(10)3-8(11)12/h6-7H,3-5,10H2,1-2H3,(H2,11,12)/t7-/m0/s1. The molecule has 1 rings (SSSR count). The number of hydrogen-bond acceptors (Lipinski definition) is 2. The summed E-state index contributed by atoms with van der Waals surface area (Å²) >= 11 is 0. The van der Waals surface area contributed by atoms with E-state index >= 15 is 0 Å². The summed E-state index contributed by atoms with van der Waals surface area (Å²) in [6.45, 7) is 4.45. The Morgan fingerprint density at radius 2 is 2.08 bits per heavy atom. The molecule has 12 heavy (non-hydrogen) atoms. The summed E-state index contributed by atoms with van der Waals surface area (Å²) in [7, 11) is 0. The van der Waals surface area contributed by atoms with Gasteiger partial charge < -0.3 is 11.5 Å². The van der Waals surface area contributed by atoms with Gasteiger partial charge in [-0.25, -0.2) is 0 Å². The van der Waals surface area contributed by atoms with Crippen LogP contribution in [-0.4, -0.2) is 11.9 Å². The molecular formula is C9H18N2O. The fourth-order valence-electron chi connectivity index (χ4n) is 2.06. The maximum absolute atomic E-state index is 10.6. The average Bonchev–Trinajstić information content (AvgIpc) is 1.80. The lowest BCUT2D eigenvalue weighted by Crippen LogP contribution is -2.45. The van der Waals surface area contributed by atoms with Crippen LogP contribution in [0.25, 0.3) is 0 Å². The Bertz CT molecular complexity index is 181. The molecule has 0 aromatic rings. The summed E-state index contributed by atoms with van der Waals surface area (Å²) in [6, 6.07) is -0.0180. The van der Waals surface area contributed by atoms with E-state index in [2.05, 4.69) is 13.8 Å². The third kappa shape index (κ3) is 2.21. The van der Waals surface area contributed by atoms with Gasteiger partial charge in [-0.1, -0.05) is 13.8 Å². The zero-order valence-electron chi connectivity index (χ0n) is 7.84. The van der Waals surface area contributed by atoms with Crippen molar-refractivity contribution in [2.75, 3.05) is 0 Å². The monoisotopic (exact) mass is 170 g/mol. The molecule has 1 saturated carbocycles. The predicted octanol–water partition coefficient (Wildman–Crippen LogP) is 0.625. The highest BCUT2D eigenvalue weighted by atomic mass is 16.1. The van der Waals surface area contributed by atoms with E-state index < -0.39 is 0 Å². The van der Waals surface area contributed by atoms with E-state index in [1.54, 1.807) is 0 Å². The van der Waals surface area contributed by atoms with Crippen LogP contribution in [0.15, 0.2) is 0 Å². The molecule has 0 aromatic heterocycles. The van der Waals surface area contributed by atoms with Gasteiger partial charge in [0.15, 0.2) is 0 Å². The molecule has 70 valence electrons. The molecule has 0 aliphatic heterocycles. The Balaban J connectivity index is 2.28. The first kappa shape index (κ1) is 9.52. The van der Waals surface area contributed by atoms with E-state index in [1.807, 2.05) is 0 Å². The van der Waals surface area contributed by atoms with Crippen molar-refractivity contribution in [3.8, 4) is 0 Å². The first-order chi connectivity index (χ1) is 5.41. The number of carbonyl (C=O) groups excluding carboxylic acids is 1. The first-order valence-corrected chi connectivity index (χ1v) is 4.44. The first-order valence-electron chi connectivity index (χ1n) is 4.44. The van der Waals surface area contributed by atoms with Crippen molar-refractivity contribution in [2.24, 2.45) is 22.8 Å². The number of hydrogen-bond donors (Lipinski definition) is 2. The third-order valence-electron chi connectivity index (χ3n) is 2.67. The van der Waals surface area contributed by atoms with Crippen molar-refractivity contribution in [3.63, 3.8) is 0 Å². The minimum absolute atomic E-state index is 0.0180. The summed E-state index contributed by atoms with van der Waals surface area (Å²) in [5.41, 5.74) is 11.3. The molecular weight excluding hydrogens is 152 g/mol. The van der Waals surface area contributed by atoms with E-state index in [1.165, 1.54) is 0 Å². The second kappa shape index (κ2) is 3.05. The highest BCUT2D eigenvalue weighted by Gasteiger charge is 2.39. The SMILES string of the molecule is CC1(C)CC([C@@H](N)CC(N)=O)C1. The largest absolute Gasteiger partial charge is 0.370 e. The lowest BCUT2D eigenvalue weighted by molar-refractivity contribution is -0.119. The van der Waals surface area contributed by atoms with E-state index in [0.717, 1.165) is 12.8 Å². The van der Waals surface area contributed by atoms with Crippen LogP contribution in [0.2, 0.25) is 0 Å². The Morgan fingerprint density at radius 1 is 1.58 bits per heavy atom. The van der Waals surface area contributed by atoms with Crippen LogP contribution in [0, 0.1) is 11.3 Å². The number of amides is 1. The molecule has 0 unspecified atom stereocenters. The Hall–Kier alpha value is -0.570. The number of primary amides is 1. The van der Waals surface area contributed by atoms with Crippen molar-refractivity contribution in [3.05, 3.63) is 0 Å². The number of carbonyl (C=O) groups is 1. The summed E-state index contributed by atoms with van der Waals surface area (Å²) in [6.07, 6.45) is 2.59. The normalized spacial score (nSPS) is 24.6. The zero-order valence-corrected chi connectivity index (χ0v) is 7.84. The second-order valence-electron chi connectivity index (χ2n) is 4.67. The lowest BCUT2D eigenvalue weighted by Gasteiger charge is -2.45. The van der Waals surface area contributed by atoms with Gasteiger partial charge in [0, 0.05) is 12.5 Å². The van der Waals surface area contributed by atoms with Gasteiger partial charge in [0.05, 0.1) is 0 Å². The predicted molar refractivity (Wildman–Crippen MR) is 48.3 cm³/mol. The van der Waals surface area contributed by atoms with Crippen LogP contribution in [-0.2, 0) is 4.79 Å². The summed E-state index contributed by atoms with van der Waals surface area (Å²) in [4.78, 5) is 10.6. The van der Waals surface area contributed by atoms with Crippen molar-refractivity contribution in [1.29, 1.82) is 0 Å². The van der Waals surface area contributed by atoms with Gasteiger partial charge in [-0.2, -0.15) is 0 Å². The van der Waals surface area contributed by atoms with E-state index in [9.17, 15) is 4.79 Å². The van der Waals surface area contributed by atoms with Gasteiger partial charge in [0.2, 0.25) is 5.91 Å². The summed E-state index contributed by atoms with van der Waals surface area (Å²) < 4.78 is 0. The molecule has 0 radical (unpaired) electrons. The maximum Gasteiger partial charge on any atom is 0.218 e. The molecule has 0 saturated heterocycles. The third-order valence-corrected chi connectivity index (χ3v) is 2.67. The van der Waals surface area contributed by atoms with Gasteiger partial charge in [-0.3, -0.25) is 4.79 Å². The minimum atomic E-state index is -0.285. The van der Waals surface area contributed by atoms with E-state index in [-0.39, 0.29) is 11.9 Å². The second-order valence-corrected chi connectivity index (χ2v) is 4.67. The lowest BCUT2D eigenvalue weighted by atomic mass is 9.62. The molecule has 1 fully saturated rings. The van der Waals surface area contributed by atoms with Gasteiger partial charge >= 0.3 is 0 Å². The molecule has 1 aliphatic carbocycles. The van der Waals surface area contributed by atoms with E-state index in [0.29, 0.717) is 17.8 Å². The Kier molecular flexibility index (Phi) is 2.42. The minimum Gasteiger partial charge on any atom is -0.370 e. The molecule has 1 amide bonds. The Labute approximate surface area is 73.5 Å². The average molecular weight is 170 g/mol. The fraction of sp³-hybridized carbons (Fsp3) is 0.889. The molecule has 1 aliphatic rings. The van der Waals surface area contributed by atoms with E-state index in [4.69, 9.17) is 11.5 Å². The van der Waals surface area contributed by atoms with Crippen LogP contribution in [0.3, 0.4) is 0 Å². The number of nitrogens with two attached hydrogens (primary N) is 2. The maximum atomic E-state index is 10.6. The van der Waals surface area contributed by atoms with Gasteiger partial charge in [0.1, 0.15) is 0 Å². The van der Waals surface area contributed by atoms with Gasteiger partial charge in [-0.15, -0.1) is 0 Å². The molecule has 3 nitrogen and oxygen atoms in total. The van der Waals surface area contributed by atoms with Crippen LogP contribution < -0.4 is 11.5 Å². The van der Waals surface area contributed by atoms with Crippen LogP contribution in [0.5, 0.6) is 0 Å². The molecule has 0 spiro atoms. The fourth-order valence-corrected chi connectivity index (χ4v) is 2.06. The molecule has 3 heteroatoms. The Morgan fingerprint density at radius 3 is 2.42 bits per heavy atom. The zero-order chi connectivity index (χ0) is 9.35. The smallest absolute Gasteiger partial charge is 0.218 e. The van der Waals surface area contributed by atoms with Crippen molar-refractivity contribution >= 4 is 5.91 Å². The number of rotatable bonds is 3. The van der Waals surface area contributed by atoms with Crippen LogP contribution in [0.4, 0.5) is 0 Å². The summed E-state index contributed by atoms with van der Waals surface area (Å²) in [5.74, 6) is 0.222. The van der Waals surface area contributed by atoms with Gasteiger partial charge in [-0.05, 0) is 24.2 Å². The molecule has 0 heterocycles. The van der Waals surface area contributed by atoms with Crippen molar-refractivity contribution < 1.29 is 4.79 Å². The molecule has 0 aromatic carbocycles. The molecule has 1 atom stereocenters. The highest BCUT2D eigenvalue weighted by molar-refractivity contribution is 5.74. The molecule has 0 bridgehead atoms. The highest BCUT2D eigenvalue weighted by Crippen LogP contribution is 2.46. The van der Waals surface area contributed by atoms with Gasteiger partial charge in [0.25, 0.3) is 0 Å². The summed E-state index contributed by atoms with van der Waals surface area (Å²) in [5, 5.41) is 0.